The van der Waals surface area contributed by atoms with E-state index < -0.39 is 0 Å². The Hall–Kier alpha value is -0.120. The molecule has 0 aromatic rings. The average molecular weight is 164 g/mol. The molecule has 0 aliphatic heterocycles. The zero-order valence-corrected chi connectivity index (χ0v) is 7.55. The lowest BCUT2D eigenvalue weighted by Crippen LogP contribution is -1.95. The quantitative estimate of drug-likeness (QED) is 0.360. The molecule has 0 spiro atoms. The summed E-state index contributed by atoms with van der Waals surface area (Å²) in [6.07, 6.45) is 4.91. The molecule has 0 aliphatic rings. The van der Waals surface area contributed by atoms with E-state index in [1.165, 1.54) is 25.7 Å². The Morgan fingerprint density at radius 2 is 1.27 bits per heavy atom. The van der Waals surface area contributed by atoms with Crippen LogP contribution in [-0.4, -0.2) is 23.7 Å². The van der Waals surface area contributed by atoms with E-state index >= 15 is 0 Å². The Balaban J connectivity index is 0. The van der Waals surface area contributed by atoms with Gasteiger partial charge in [-0.2, -0.15) is 0 Å². The number of hydrogen-bond donors (Lipinski definition) is 2. The average Bonchev–Trinajstić information content (AvgIpc) is 2.08. The van der Waals surface area contributed by atoms with E-state index in [1.807, 2.05) is 0 Å². The molecule has 0 fully saturated rings. The maximum absolute atomic E-state index is 6.00. The van der Waals surface area contributed by atoms with Gasteiger partial charge in [0.25, 0.3) is 0 Å². The maximum atomic E-state index is 6.00. The molecule has 3 heteroatoms. The molecular formula is C8H20O3. The highest BCUT2D eigenvalue weighted by atomic mass is 17.0. The first-order valence-electron chi connectivity index (χ1n) is 4.19. The topological polar surface area (TPSA) is 49.7 Å². The summed E-state index contributed by atoms with van der Waals surface area (Å²) in [6, 6.07) is 0. The van der Waals surface area contributed by atoms with Gasteiger partial charge in [-0.25, -0.2) is 0 Å². The first-order valence-corrected chi connectivity index (χ1v) is 4.19. The summed E-state index contributed by atoms with van der Waals surface area (Å²) in [7, 11) is 0. The smallest absolute Gasteiger partial charge is 0.0465 e. The summed E-state index contributed by atoms with van der Waals surface area (Å²) in [5, 5.41) is 12.0. The minimum absolute atomic E-state index is 0.955. The summed E-state index contributed by atoms with van der Waals surface area (Å²) in [5.41, 5.74) is 0. The van der Waals surface area contributed by atoms with E-state index in [9.17, 15) is 0 Å². The van der Waals surface area contributed by atoms with Crippen molar-refractivity contribution in [2.24, 2.45) is 0 Å². The predicted octanol–water partition coefficient (Wildman–Crippen LogP) is 2.62. The third-order valence-electron chi connectivity index (χ3n) is 1.28. The van der Waals surface area contributed by atoms with Crippen molar-refractivity contribution in [3.05, 3.63) is 0 Å². The lowest BCUT2D eigenvalue weighted by atomic mass is 10.3. The molecule has 0 amide bonds. The predicted molar refractivity (Wildman–Crippen MR) is 45.9 cm³/mol. The van der Waals surface area contributed by atoms with Crippen molar-refractivity contribution in [3.8, 4) is 0 Å². The zero-order chi connectivity index (χ0) is 8.95. The molecule has 0 aliphatic carbocycles. The van der Waals surface area contributed by atoms with Crippen LogP contribution in [0.2, 0.25) is 0 Å². The van der Waals surface area contributed by atoms with Crippen LogP contribution in [0, 0.1) is 0 Å². The molecule has 0 radical (unpaired) electrons. The molecule has 0 aromatic carbocycles. The Kier molecular flexibility index (Phi) is 20.2. The largest absolute Gasteiger partial charge is 0.381 e. The Morgan fingerprint density at radius 1 is 0.909 bits per heavy atom. The van der Waals surface area contributed by atoms with E-state index in [2.05, 4.69) is 13.8 Å². The fourth-order valence-corrected chi connectivity index (χ4v) is 0.595. The molecule has 11 heavy (non-hydrogen) atoms. The number of ether oxygens (including phenoxy) is 1. The monoisotopic (exact) mass is 164 g/mol. The lowest BCUT2D eigenvalue weighted by molar-refractivity contribution is -0.176. The molecule has 0 bridgehead atoms. The molecule has 0 aromatic heterocycles. The Morgan fingerprint density at radius 3 is 1.55 bits per heavy atom. The summed E-state index contributed by atoms with van der Waals surface area (Å²) < 4.78 is 5.31. The van der Waals surface area contributed by atoms with E-state index in [0.29, 0.717) is 0 Å². The van der Waals surface area contributed by atoms with E-state index in [1.54, 1.807) is 0 Å². The van der Waals surface area contributed by atoms with Gasteiger partial charge in [0.15, 0.2) is 0 Å². The van der Waals surface area contributed by atoms with Crippen LogP contribution in [0.15, 0.2) is 0 Å². The van der Waals surface area contributed by atoms with Crippen molar-refractivity contribution in [1.29, 1.82) is 0 Å². The van der Waals surface area contributed by atoms with Crippen molar-refractivity contribution in [2.75, 3.05) is 13.2 Å². The number of hydrogen-bond acceptors (Lipinski definition) is 3. The van der Waals surface area contributed by atoms with Gasteiger partial charge in [0.05, 0.1) is 0 Å². The Bertz CT molecular complexity index is 42.6. The van der Waals surface area contributed by atoms with Gasteiger partial charge < -0.3 is 4.74 Å². The lowest BCUT2D eigenvalue weighted by Gasteiger charge is -1.99. The normalized spacial score (nSPS) is 8.73. The fraction of sp³-hybridized carbons (Fsp3) is 1.00. The fourth-order valence-electron chi connectivity index (χ4n) is 0.595. The van der Waals surface area contributed by atoms with Gasteiger partial charge >= 0.3 is 0 Å². The molecule has 0 rings (SSSR count). The van der Waals surface area contributed by atoms with Crippen LogP contribution in [0.3, 0.4) is 0 Å². The molecule has 3 nitrogen and oxygen atoms in total. The molecule has 0 heterocycles. The number of rotatable bonds is 6. The van der Waals surface area contributed by atoms with Crippen molar-refractivity contribution in [3.63, 3.8) is 0 Å². The summed E-state index contributed by atoms with van der Waals surface area (Å²) in [5.74, 6) is 0. The Labute approximate surface area is 68.9 Å². The van der Waals surface area contributed by atoms with Gasteiger partial charge in [-0.15, -0.1) is 0 Å². The van der Waals surface area contributed by atoms with Gasteiger partial charge in [-0.1, -0.05) is 26.7 Å². The molecule has 70 valence electrons. The summed E-state index contributed by atoms with van der Waals surface area (Å²) in [6.45, 7) is 6.28. The third kappa shape index (κ3) is 17.7. The van der Waals surface area contributed by atoms with Crippen LogP contribution in [0.5, 0.6) is 0 Å². The van der Waals surface area contributed by atoms with Gasteiger partial charge in [0, 0.05) is 13.2 Å². The van der Waals surface area contributed by atoms with Crippen molar-refractivity contribution >= 4 is 0 Å². The first kappa shape index (κ1) is 13.5. The van der Waals surface area contributed by atoms with E-state index in [-0.39, 0.29) is 0 Å². The van der Waals surface area contributed by atoms with Crippen molar-refractivity contribution in [1.82, 2.24) is 0 Å². The highest BCUT2D eigenvalue weighted by Gasteiger charge is 1.84. The van der Waals surface area contributed by atoms with Crippen LogP contribution in [0.25, 0.3) is 0 Å². The van der Waals surface area contributed by atoms with Crippen LogP contribution in [-0.2, 0) is 4.74 Å². The zero-order valence-electron chi connectivity index (χ0n) is 7.55. The minimum atomic E-state index is 0.955. The van der Waals surface area contributed by atoms with Crippen molar-refractivity contribution in [2.45, 2.75) is 39.5 Å². The standard InChI is InChI=1S/C8H18O.H2O2/c1-3-5-7-9-8-6-4-2;1-2/h3-8H2,1-2H3;1-2H. The molecule has 0 saturated carbocycles. The van der Waals surface area contributed by atoms with Crippen LogP contribution >= 0.6 is 0 Å². The third-order valence-corrected chi connectivity index (χ3v) is 1.28. The van der Waals surface area contributed by atoms with Crippen LogP contribution in [0.1, 0.15) is 39.5 Å². The molecule has 0 unspecified atom stereocenters. The summed E-state index contributed by atoms with van der Waals surface area (Å²) >= 11 is 0. The van der Waals surface area contributed by atoms with Crippen LogP contribution in [0.4, 0.5) is 0 Å². The van der Waals surface area contributed by atoms with Gasteiger partial charge in [-0.05, 0) is 12.8 Å². The van der Waals surface area contributed by atoms with Gasteiger partial charge in [-0.3, -0.25) is 10.5 Å². The highest BCUT2D eigenvalue weighted by Crippen LogP contribution is 1.91. The second-order valence-corrected chi connectivity index (χ2v) is 2.32. The molecule has 2 N–H and O–H groups in total. The first-order chi connectivity index (χ1) is 5.41. The SMILES string of the molecule is CCCCOCCCC.OO. The molecule has 0 atom stereocenters. The maximum Gasteiger partial charge on any atom is 0.0465 e. The molecule has 0 saturated heterocycles. The second kappa shape index (κ2) is 16.5. The van der Waals surface area contributed by atoms with E-state index in [0.717, 1.165) is 13.2 Å². The summed E-state index contributed by atoms with van der Waals surface area (Å²) in [4.78, 5) is 0. The van der Waals surface area contributed by atoms with Crippen molar-refractivity contribution < 1.29 is 15.3 Å². The van der Waals surface area contributed by atoms with Gasteiger partial charge in [0.1, 0.15) is 0 Å². The second-order valence-electron chi connectivity index (χ2n) is 2.32. The minimum Gasteiger partial charge on any atom is -0.381 e. The number of unbranched alkanes of at least 4 members (excludes halogenated alkanes) is 2. The van der Waals surface area contributed by atoms with Crippen LogP contribution < -0.4 is 0 Å². The highest BCUT2D eigenvalue weighted by molar-refractivity contribution is 4.33. The van der Waals surface area contributed by atoms with Gasteiger partial charge in [0.2, 0.25) is 0 Å². The molecular weight excluding hydrogens is 144 g/mol. The van der Waals surface area contributed by atoms with E-state index in [4.69, 9.17) is 15.3 Å².